The molecule has 2 heterocycles. The normalized spacial score (nSPS) is 14.7. The molecule has 0 aliphatic heterocycles. The van der Waals surface area contributed by atoms with Gasteiger partial charge in [-0.15, -0.1) is 11.3 Å². The highest BCUT2D eigenvalue weighted by Crippen LogP contribution is 2.30. The summed E-state index contributed by atoms with van der Waals surface area (Å²) in [6.45, 7) is -0.281. The van der Waals surface area contributed by atoms with E-state index in [9.17, 15) is 14.4 Å². The first kappa shape index (κ1) is 24.5. The van der Waals surface area contributed by atoms with Crippen LogP contribution in [0.2, 0.25) is 0 Å². The molecule has 2 N–H and O–H groups in total. The summed E-state index contributed by atoms with van der Waals surface area (Å²) >= 11 is 1.29. The van der Waals surface area contributed by atoms with Gasteiger partial charge in [-0.2, -0.15) is 0 Å². The molecule has 35 heavy (non-hydrogen) atoms. The van der Waals surface area contributed by atoms with Gasteiger partial charge >= 0.3 is 0 Å². The number of amides is 3. The third-order valence-electron chi connectivity index (χ3n) is 6.04. The SMILES string of the molecule is COc1ccc(N(C(=O)CNC(=O)c2cccs2)C(C(=O)NC2CCCCC2)c2ccco2)cc1. The minimum atomic E-state index is -1.04. The predicted molar refractivity (Wildman–Crippen MR) is 134 cm³/mol. The molecule has 1 aromatic carbocycles. The van der Waals surface area contributed by atoms with E-state index >= 15 is 0 Å². The molecule has 0 spiro atoms. The Bertz CT molecular complexity index is 1110. The molecule has 1 saturated carbocycles. The van der Waals surface area contributed by atoms with Crippen LogP contribution >= 0.6 is 11.3 Å². The van der Waals surface area contributed by atoms with Gasteiger partial charge < -0.3 is 19.8 Å². The zero-order valence-corrected chi connectivity index (χ0v) is 20.4. The van der Waals surface area contributed by atoms with E-state index in [-0.39, 0.29) is 24.4 Å². The van der Waals surface area contributed by atoms with E-state index in [0.29, 0.717) is 22.1 Å². The van der Waals surface area contributed by atoms with Crippen LogP contribution in [0.3, 0.4) is 0 Å². The second kappa shape index (κ2) is 11.7. The number of nitrogens with zero attached hydrogens (tertiary/aromatic N) is 1. The van der Waals surface area contributed by atoms with Gasteiger partial charge in [-0.3, -0.25) is 19.3 Å². The Balaban J connectivity index is 1.63. The van der Waals surface area contributed by atoms with E-state index < -0.39 is 11.9 Å². The van der Waals surface area contributed by atoms with E-state index in [1.807, 2.05) is 0 Å². The van der Waals surface area contributed by atoms with Gasteiger partial charge in [0.25, 0.3) is 11.8 Å². The van der Waals surface area contributed by atoms with E-state index in [1.54, 1.807) is 61.0 Å². The summed E-state index contributed by atoms with van der Waals surface area (Å²) in [4.78, 5) is 41.5. The monoisotopic (exact) mass is 495 g/mol. The van der Waals surface area contributed by atoms with E-state index in [1.165, 1.54) is 22.5 Å². The number of methoxy groups -OCH3 is 1. The van der Waals surface area contributed by atoms with Crippen molar-refractivity contribution in [2.75, 3.05) is 18.6 Å². The van der Waals surface area contributed by atoms with Crippen LogP contribution in [-0.2, 0) is 9.59 Å². The third-order valence-corrected chi connectivity index (χ3v) is 6.90. The standard InChI is InChI=1S/C26H29N3O5S/c1-33-20-13-11-19(12-14-20)29(23(30)17-27-25(31)22-10-6-16-35-22)24(21-9-5-15-34-21)26(32)28-18-7-3-2-4-8-18/h5-6,9-16,18,24H,2-4,7-8,17H2,1H3,(H,27,31)(H,28,32). The lowest BCUT2D eigenvalue weighted by Crippen LogP contribution is -2.49. The number of carbonyl (C=O) groups excluding carboxylic acids is 3. The van der Waals surface area contributed by atoms with E-state index in [2.05, 4.69) is 10.6 Å². The van der Waals surface area contributed by atoms with Gasteiger partial charge in [0.05, 0.1) is 24.8 Å². The Labute approximate surface area is 208 Å². The third kappa shape index (κ3) is 6.10. The molecule has 1 aliphatic rings. The highest BCUT2D eigenvalue weighted by molar-refractivity contribution is 7.12. The van der Waals surface area contributed by atoms with Crippen LogP contribution < -0.4 is 20.3 Å². The van der Waals surface area contributed by atoms with Gasteiger partial charge in [0, 0.05) is 11.7 Å². The molecule has 0 saturated heterocycles. The first-order valence-corrected chi connectivity index (χ1v) is 12.6. The summed E-state index contributed by atoms with van der Waals surface area (Å²) in [6, 6.07) is 12.7. The number of anilines is 1. The predicted octanol–water partition coefficient (Wildman–Crippen LogP) is 4.30. The molecule has 0 radical (unpaired) electrons. The van der Waals surface area contributed by atoms with Gasteiger partial charge in [0.15, 0.2) is 6.04 Å². The number of hydrogen-bond donors (Lipinski definition) is 2. The second-order valence-corrected chi connectivity index (χ2v) is 9.33. The van der Waals surface area contributed by atoms with Crippen molar-refractivity contribution < 1.29 is 23.5 Å². The molecule has 4 rings (SSSR count). The lowest BCUT2D eigenvalue weighted by atomic mass is 9.95. The number of thiophene rings is 1. The number of rotatable bonds is 9. The smallest absolute Gasteiger partial charge is 0.261 e. The van der Waals surface area contributed by atoms with Crippen molar-refractivity contribution in [1.29, 1.82) is 0 Å². The molecular weight excluding hydrogens is 466 g/mol. The van der Waals surface area contributed by atoms with Crippen LogP contribution in [0.5, 0.6) is 5.75 Å². The topological polar surface area (TPSA) is 101 Å². The summed E-state index contributed by atoms with van der Waals surface area (Å²) in [5.74, 6) is -0.148. The Kier molecular flexibility index (Phi) is 8.20. The Morgan fingerprint density at radius 3 is 2.49 bits per heavy atom. The van der Waals surface area contributed by atoms with Crippen LogP contribution in [0.25, 0.3) is 0 Å². The van der Waals surface area contributed by atoms with Crippen molar-refractivity contribution in [3.8, 4) is 5.75 Å². The molecule has 2 aromatic heterocycles. The number of carbonyl (C=O) groups is 3. The Morgan fingerprint density at radius 2 is 1.86 bits per heavy atom. The van der Waals surface area contributed by atoms with Gasteiger partial charge in [0.1, 0.15) is 11.5 Å². The van der Waals surface area contributed by atoms with Crippen molar-refractivity contribution in [3.63, 3.8) is 0 Å². The fourth-order valence-electron chi connectivity index (χ4n) is 4.26. The lowest BCUT2D eigenvalue weighted by Gasteiger charge is -2.32. The molecule has 0 bridgehead atoms. The molecular formula is C26H29N3O5S. The fraction of sp³-hybridized carbons (Fsp3) is 0.346. The molecule has 1 aliphatic carbocycles. The zero-order valence-electron chi connectivity index (χ0n) is 19.6. The molecule has 1 fully saturated rings. The van der Waals surface area contributed by atoms with Crippen LogP contribution in [0.4, 0.5) is 5.69 Å². The van der Waals surface area contributed by atoms with Gasteiger partial charge in [-0.05, 0) is 60.7 Å². The summed E-state index contributed by atoms with van der Waals surface area (Å²) < 4.78 is 10.9. The van der Waals surface area contributed by atoms with Crippen molar-refractivity contribution in [3.05, 3.63) is 70.8 Å². The highest BCUT2D eigenvalue weighted by Gasteiger charge is 2.36. The Morgan fingerprint density at radius 1 is 1.09 bits per heavy atom. The summed E-state index contributed by atoms with van der Waals surface area (Å²) in [5, 5.41) is 7.58. The molecule has 1 atom stereocenters. The average Bonchev–Trinajstić information content (AvgIpc) is 3.61. The Hall–Kier alpha value is -3.59. The van der Waals surface area contributed by atoms with Crippen molar-refractivity contribution >= 4 is 34.7 Å². The van der Waals surface area contributed by atoms with Crippen molar-refractivity contribution in [2.45, 2.75) is 44.2 Å². The molecule has 3 aromatic rings. The summed E-state index contributed by atoms with van der Waals surface area (Å²) in [5.41, 5.74) is 0.487. The van der Waals surface area contributed by atoms with Crippen LogP contribution in [0.15, 0.2) is 64.6 Å². The minimum Gasteiger partial charge on any atom is -0.497 e. The second-order valence-electron chi connectivity index (χ2n) is 8.38. The van der Waals surface area contributed by atoms with Crippen molar-refractivity contribution in [2.24, 2.45) is 0 Å². The maximum atomic E-state index is 13.6. The van der Waals surface area contributed by atoms with Gasteiger partial charge in [0.2, 0.25) is 5.91 Å². The average molecular weight is 496 g/mol. The fourth-order valence-corrected chi connectivity index (χ4v) is 4.90. The lowest BCUT2D eigenvalue weighted by molar-refractivity contribution is -0.127. The molecule has 184 valence electrons. The molecule has 9 heteroatoms. The number of ether oxygens (including phenoxy) is 1. The maximum absolute atomic E-state index is 13.6. The van der Waals surface area contributed by atoms with Crippen molar-refractivity contribution in [1.82, 2.24) is 10.6 Å². The van der Waals surface area contributed by atoms with E-state index in [4.69, 9.17) is 9.15 Å². The number of hydrogen-bond acceptors (Lipinski definition) is 6. The van der Waals surface area contributed by atoms with Crippen LogP contribution in [0, 0.1) is 0 Å². The first-order valence-electron chi connectivity index (χ1n) is 11.7. The molecule has 8 nitrogen and oxygen atoms in total. The largest absolute Gasteiger partial charge is 0.497 e. The van der Waals surface area contributed by atoms with Crippen LogP contribution in [0.1, 0.15) is 53.6 Å². The minimum absolute atomic E-state index is 0.0556. The maximum Gasteiger partial charge on any atom is 0.261 e. The number of furan rings is 1. The quantitative estimate of drug-likeness (QED) is 0.461. The van der Waals surface area contributed by atoms with Crippen LogP contribution in [-0.4, -0.2) is 37.4 Å². The van der Waals surface area contributed by atoms with Gasteiger partial charge in [-0.1, -0.05) is 25.3 Å². The highest BCUT2D eigenvalue weighted by atomic mass is 32.1. The number of benzene rings is 1. The molecule has 1 unspecified atom stereocenters. The van der Waals surface area contributed by atoms with Gasteiger partial charge in [-0.25, -0.2) is 0 Å². The van der Waals surface area contributed by atoms with E-state index in [0.717, 1.165) is 32.1 Å². The number of nitrogens with one attached hydrogen (secondary N) is 2. The summed E-state index contributed by atoms with van der Waals surface area (Å²) in [7, 11) is 1.56. The molecule has 3 amide bonds. The first-order chi connectivity index (χ1) is 17.1. The summed E-state index contributed by atoms with van der Waals surface area (Å²) in [6.07, 6.45) is 6.58. The zero-order chi connectivity index (χ0) is 24.6.